The van der Waals surface area contributed by atoms with E-state index in [1.165, 1.54) is 6.07 Å². The molecule has 0 spiro atoms. The second-order valence-electron chi connectivity index (χ2n) is 5.97. The van der Waals surface area contributed by atoms with Gasteiger partial charge in [-0.05, 0) is 13.0 Å². The van der Waals surface area contributed by atoms with Gasteiger partial charge < -0.3 is 5.11 Å². The summed E-state index contributed by atoms with van der Waals surface area (Å²) in [6.45, 7) is 7.04. The van der Waals surface area contributed by atoms with E-state index in [9.17, 15) is 9.50 Å². The third-order valence-electron chi connectivity index (χ3n) is 4.21. The Morgan fingerprint density at radius 1 is 1.22 bits per heavy atom. The minimum absolute atomic E-state index is 0.336. The van der Waals surface area contributed by atoms with Crippen LogP contribution in [0.2, 0.25) is 0 Å². The molecule has 6 heteroatoms. The number of β-amino-alcohol motifs (C(OH)–C–C–N with tert-alkyl or cyclic N) is 1. The van der Waals surface area contributed by atoms with Gasteiger partial charge in [-0.25, -0.2) is 9.37 Å². The smallest absolute Gasteiger partial charge is 0.129 e. The Bertz CT molecular complexity index is 640. The Labute approximate surface area is 140 Å². The number of aromatic nitrogens is 1. The zero-order valence-corrected chi connectivity index (χ0v) is 14.1. The van der Waals surface area contributed by atoms with Crippen molar-refractivity contribution in [3.05, 3.63) is 51.7 Å². The van der Waals surface area contributed by atoms with Crippen LogP contribution in [0.25, 0.3) is 0 Å². The molecular weight excluding hydrogens is 313 g/mol. The summed E-state index contributed by atoms with van der Waals surface area (Å²) < 4.78 is 13.7. The number of thiazole rings is 1. The van der Waals surface area contributed by atoms with Gasteiger partial charge in [0.1, 0.15) is 5.82 Å². The van der Waals surface area contributed by atoms with Crippen molar-refractivity contribution in [2.24, 2.45) is 0 Å². The van der Waals surface area contributed by atoms with E-state index >= 15 is 0 Å². The minimum atomic E-state index is -0.774. The number of nitrogens with zero attached hydrogens (tertiary/aromatic N) is 3. The third kappa shape index (κ3) is 4.35. The fraction of sp³-hybridized carbons (Fsp3) is 0.471. The molecule has 1 aliphatic heterocycles. The average Bonchev–Trinajstić information content (AvgIpc) is 2.95. The van der Waals surface area contributed by atoms with Crippen molar-refractivity contribution < 1.29 is 9.50 Å². The predicted octanol–water partition coefficient (Wildman–Crippen LogP) is 2.44. The number of aliphatic hydroxyl groups excluding tert-OH is 1. The Morgan fingerprint density at radius 2 is 1.91 bits per heavy atom. The molecule has 2 heterocycles. The van der Waals surface area contributed by atoms with Crippen LogP contribution >= 0.6 is 11.3 Å². The Morgan fingerprint density at radius 3 is 2.57 bits per heavy atom. The lowest BCUT2D eigenvalue weighted by Gasteiger charge is -2.35. The number of hydrogen-bond acceptors (Lipinski definition) is 5. The molecule has 1 aromatic heterocycles. The van der Waals surface area contributed by atoms with E-state index in [1.807, 2.05) is 6.92 Å². The molecule has 1 aliphatic rings. The van der Waals surface area contributed by atoms with E-state index < -0.39 is 6.10 Å². The molecule has 124 valence electrons. The van der Waals surface area contributed by atoms with Gasteiger partial charge in [0.25, 0.3) is 0 Å². The van der Waals surface area contributed by atoms with E-state index in [1.54, 1.807) is 29.5 Å². The molecule has 1 fully saturated rings. The van der Waals surface area contributed by atoms with Gasteiger partial charge in [-0.1, -0.05) is 18.2 Å². The second-order valence-corrected chi connectivity index (χ2v) is 7.03. The van der Waals surface area contributed by atoms with Crippen molar-refractivity contribution >= 4 is 11.3 Å². The highest BCUT2D eigenvalue weighted by Gasteiger charge is 2.21. The zero-order chi connectivity index (χ0) is 16.2. The molecule has 1 aromatic carbocycles. The maximum absolute atomic E-state index is 13.7. The van der Waals surface area contributed by atoms with Crippen LogP contribution in [-0.4, -0.2) is 52.6 Å². The Balaban J connectivity index is 1.48. The number of aliphatic hydroxyl groups is 1. The number of hydrogen-bond donors (Lipinski definition) is 1. The fourth-order valence-electron chi connectivity index (χ4n) is 2.93. The third-order valence-corrected chi connectivity index (χ3v) is 5.03. The molecule has 4 nitrogen and oxygen atoms in total. The summed E-state index contributed by atoms with van der Waals surface area (Å²) in [6, 6.07) is 6.45. The minimum Gasteiger partial charge on any atom is -0.387 e. The van der Waals surface area contributed by atoms with Crippen molar-refractivity contribution in [2.75, 3.05) is 32.7 Å². The lowest BCUT2D eigenvalue weighted by Crippen LogP contribution is -2.47. The summed E-state index contributed by atoms with van der Waals surface area (Å²) in [5.41, 5.74) is 1.51. The molecule has 0 radical (unpaired) electrons. The quantitative estimate of drug-likeness (QED) is 0.911. The molecule has 3 rings (SSSR count). The maximum atomic E-state index is 13.7. The Hall–Kier alpha value is -1.34. The number of benzene rings is 1. The lowest BCUT2D eigenvalue weighted by molar-refractivity contribution is 0.0682. The highest BCUT2D eigenvalue weighted by molar-refractivity contribution is 7.09. The van der Waals surface area contributed by atoms with Crippen molar-refractivity contribution in [2.45, 2.75) is 19.6 Å². The second kappa shape index (κ2) is 7.49. The zero-order valence-electron chi connectivity index (χ0n) is 13.3. The van der Waals surface area contributed by atoms with Gasteiger partial charge in [0, 0.05) is 50.2 Å². The molecule has 1 saturated heterocycles. The van der Waals surface area contributed by atoms with Gasteiger partial charge in [0.15, 0.2) is 0 Å². The molecule has 1 unspecified atom stereocenters. The monoisotopic (exact) mass is 335 g/mol. The number of rotatable bonds is 5. The van der Waals surface area contributed by atoms with Crippen molar-refractivity contribution in [3.8, 4) is 0 Å². The average molecular weight is 335 g/mol. The van der Waals surface area contributed by atoms with Gasteiger partial charge in [-0.3, -0.25) is 9.80 Å². The summed E-state index contributed by atoms with van der Waals surface area (Å²) >= 11 is 1.68. The van der Waals surface area contributed by atoms with Crippen molar-refractivity contribution in [1.82, 2.24) is 14.8 Å². The van der Waals surface area contributed by atoms with Gasteiger partial charge in [-0.15, -0.1) is 11.3 Å². The molecular formula is C17H22FN3OS. The summed E-state index contributed by atoms with van der Waals surface area (Å²) in [6.07, 6.45) is -0.774. The molecule has 1 N–H and O–H groups in total. The first-order chi connectivity index (χ1) is 11.1. The maximum Gasteiger partial charge on any atom is 0.129 e. The van der Waals surface area contributed by atoms with E-state index in [4.69, 9.17) is 0 Å². The van der Waals surface area contributed by atoms with Gasteiger partial charge >= 0.3 is 0 Å². The molecule has 0 bridgehead atoms. The fourth-order valence-corrected chi connectivity index (χ4v) is 3.53. The summed E-state index contributed by atoms with van der Waals surface area (Å²) in [5, 5.41) is 13.5. The van der Waals surface area contributed by atoms with Gasteiger partial charge in [0.2, 0.25) is 0 Å². The van der Waals surface area contributed by atoms with Crippen LogP contribution in [0, 0.1) is 12.7 Å². The van der Waals surface area contributed by atoms with Crippen molar-refractivity contribution in [3.63, 3.8) is 0 Å². The van der Waals surface area contributed by atoms with Crippen LogP contribution in [0.3, 0.4) is 0 Å². The first-order valence-corrected chi connectivity index (χ1v) is 8.78. The standard InChI is InChI=1S/C17H22FN3OS/c1-13-19-14(12-23-13)10-20-6-8-21(9-7-20)11-17(22)15-4-2-3-5-16(15)18/h2-5,12,17,22H,6-11H2,1H3. The summed E-state index contributed by atoms with van der Waals surface area (Å²) in [4.78, 5) is 9.07. The molecule has 0 amide bonds. The molecule has 1 atom stereocenters. The molecule has 0 saturated carbocycles. The number of aryl methyl sites for hydroxylation is 1. The largest absolute Gasteiger partial charge is 0.387 e. The first-order valence-electron chi connectivity index (χ1n) is 7.90. The molecule has 23 heavy (non-hydrogen) atoms. The predicted molar refractivity (Wildman–Crippen MR) is 89.9 cm³/mol. The van der Waals surface area contributed by atoms with Crippen LogP contribution < -0.4 is 0 Å². The Kier molecular flexibility index (Phi) is 5.38. The van der Waals surface area contributed by atoms with Crippen LogP contribution in [0.15, 0.2) is 29.6 Å². The summed E-state index contributed by atoms with van der Waals surface area (Å²) in [5.74, 6) is -0.336. The number of halogens is 1. The molecule has 0 aliphatic carbocycles. The summed E-state index contributed by atoms with van der Waals surface area (Å²) in [7, 11) is 0. The van der Waals surface area contributed by atoms with E-state index in [0.29, 0.717) is 12.1 Å². The van der Waals surface area contributed by atoms with Crippen molar-refractivity contribution in [1.29, 1.82) is 0 Å². The lowest BCUT2D eigenvalue weighted by atomic mass is 10.1. The normalized spacial score (nSPS) is 18.2. The van der Waals surface area contributed by atoms with Crippen LogP contribution in [0.5, 0.6) is 0 Å². The topological polar surface area (TPSA) is 39.6 Å². The van der Waals surface area contributed by atoms with E-state index in [2.05, 4.69) is 20.2 Å². The van der Waals surface area contributed by atoms with Gasteiger partial charge in [0.05, 0.1) is 16.8 Å². The van der Waals surface area contributed by atoms with Gasteiger partial charge in [-0.2, -0.15) is 0 Å². The van der Waals surface area contributed by atoms with E-state index in [0.717, 1.165) is 43.4 Å². The van der Waals surface area contributed by atoms with Crippen LogP contribution in [0.1, 0.15) is 22.4 Å². The van der Waals surface area contributed by atoms with Crippen LogP contribution in [0.4, 0.5) is 4.39 Å². The highest BCUT2D eigenvalue weighted by Crippen LogP contribution is 2.19. The van der Waals surface area contributed by atoms with Crippen LogP contribution in [-0.2, 0) is 6.54 Å². The van der Waals surface area contributed by atoms with E-state index in [-0.39, 0.29) is 5.82 Å². The first kappa shape index (κ1) is 16.5. The SMILES string of the molecule is Cc1nc(CN2CCN(CC(O)c3ccccc3F)CC2)cs1. The molecule has 2 aromatic rings. The number of piperazine rings is 1. The highest BCUT2D eigenvalue weighted by atomic mass is 32.1.